The number of carbonyl (C=O) groups is 1. The molecule has 0 aromatic heterocycles. The molecule has 1 aliphatic heterocycles. The lowest BCUT2D eigenvalue weighted by Gasteiger charge is -2.19. The van der Waals surface area contributed by atoms with Gasteiger partial charge in [-0.05, 0) is 76.8 Å². The average Bonchev–Trinajstić information content (AvgIpc) is 3.43. The molecule has 0 unspecified atom stereocenters. The molecule has 8 heteroatoms. The highest BCUT2D eigenvalue weighted by Gasteiger charge is 2.26. The van der Waals surface area contributed by atoms with Gasteiger partial charge in [0.2, 0.25) is 5.91 Å². The number of benzene rings is 4. The second kappa shape index (κ2) is 13.2. The van der Waals surface area contributed by atoms with Crippen LogP contribution in [0.3, 0.4) is 0 Å². The number of rotatable bonds is 11. The Labute approximate surface area is 259 Å². The van der Waals surface area contributed by atoms with E-state index in [1.807, 2.05) is 30.3 Å². The number of nitrogens with zero attached hydrogens (tertiary/aromatic N) is 1. The fourth-order valence-electron chi connectivity index (χ4n) is 5.26. The predicted octanol–water partition coefficient (Wildman–Crippen LogP) is 7.41. The summed E-state index contributed by atoms with van der Waals surface area (Å²) in [4.78, 5) is 14.8. The Hall–Kier alpha value is -4.17. The summed E-state index contributed by atoms with van der Waals surface area (Å²) in [5.74, 6) is -0.394. The molecule has 1 amide bonds. The molecule has 4 aromatic carbocycles. The normalized spacial score (nSPS) is 13.0. The van der Waals surface area contributed by atoms with Crippen LogP contribution in [-0.2, 0) is 46.2 Å². The van der Waals surface area contributed by atoms with Crippen LogP contribution in [0.1, 0.15) is 61.4 Å². The Bertz CT molecular complexity index is 1720. The maximum Gasteiger partial charge on any atom is 0.261 e. The number of aryl methyl sites for hydroxylation is 1. The van der Waals surface area contributed by atoms with E-state index in [-0.39, 0.29) is 28.3 Å². The number of nitrogens with one attached hydrogen (secondary N) is 1. The lowest BCUT2D eigenvalue weighted by Crippen LogP contribution is -2.26. The van der Waals surface area contributed by atoms with E-state index in [9.17, 15) is 17.6 Å². The maximum atomic E-state index is 14.9. The molecule has 5 rings (SSSR count). The Kier molecular flexibility index (Phi) is 9.39. The van der Waals surface area contributed by atoms with Gasteiger partial charge in [-0.3, -0.25) is 9.52 Å². The zero-order valence-electron chi connectivity index (χ0n) is 25.5. The van der Waals surface area contributed by atoms with Gasteiger partial charge in [-0.25, -0.2) is 12.8 Å². The number of sulfonamides is 1. The first-order valence-electron chi connectivity index (χ1n) is 15.0. The molecular weight excluding hydrogens is 575 g/mol. The number of anilines is 1. The van der Waals surface area contributed by atoms with Crippen molar-refractivity contribution in [1.29, 1.82) is 0 Å². The predicted molar refractivity (Wildman–Crippen MR) is 172 cm³/mol. The van der Waals surface area contributed by atoms with Gasteiger partial charge in [0.05, 0.1) is 23.6 Å². The summed E-state index contributed by atoms with van der Waals surface area (Å²) in [6.45, 7) is 7.63. The molecule has 4 aromatic rings. The fourth-order valence-corrected chi connectivity index (χ4v) is 6.38. The van der Waals surface area contributed by atoms with Crippen molar-refractivity contribution in [2.45, 2.75) is 69.9 Å². The second-order valence-electron chi connectivity index (χ2n) is 12.3. The van der Waals surface area contributed by atoms with Crippen molar-refractivity contribution in [3.63, 3.8) is 0 Å². The number of halogens is 1. The summed E-state index contributed by atoms with van der Waals surface area (Å²) in [6, 6.07) is 27.2. The van der Waals surface area contributed by atoms with Gasteiger partial charge in [-0.2, -0.15) is 0 Å². The van der Waals surface area contributed by atoms with Gasteiger partial charge in [-0.15, -0.1) is 0 Å². The van der Waals surface area contributed by atoms with Crippen molar-refractivity contribution >= 4 is 21.6 Å². The molecule has 0 bridgehead atoms. The molecule has 0 spiro atoms. The summed E-state index contributed by atoms with van der Waals surface area (Å²) in [5, 5.41) is 0. The van der Waals surface area contributed by atoms with Gasteiger partial charge in [0.1, 0.15) is 5.75 Å². The smallest absolute Gasteiger partial charge is 0.261 e. The highest BCUT2D eigenvalue weighted by atomic mass is 32.2. The summed E-state index contributed by atoms with van der Waals surface area (Å²) in [5.41, 5.74) is 4.96. The van der Waals surface area contributed by atoms with Crippen molar-refractivity contribution in [2.75, 3.05) is 11.3 Å². The van der Waals surface area contributed by atoms with Gasteiger partial charge in [0.25, 0.3) is 10.0 Å². The largest absolute Gasteiger partial charge is 0.493 e. The minimum atomic E-state index is -4.06. The van der Waals surface area contributed by atoms with Crippen LogP contribution in [0, 0.1) is 5.82 Å². The molecule has 230 valence electrons. The van der Waals surface area contributed by atoms with E-state index in [0.717, 1.165) is 36.0 Å². The third-order valence-corrected chi connectivity index (χ3v) is 9.26. The van der Waals surface area contributed by atoms with E-state index in [2.05, 4.69) is 49.8 Å². The minimum absolute atomic E-state index is 0.0152. The van der Waals surface area contributed by atoms with Crippen molar-refractivity contribution in [2.24, 2.45) is 0 Å². The molecule has 6 nitrogen and oxygen atoms in total. The Morgan fingerprint density at radius 1 is 0.864 bits per heavy atom. The lowest BCUT2D eigenvalue weighted by molar-refractivity contribution is -0.131. The third kappa shape index (κ3) is 7.85. The van der Waals surface area contributed by atoms with E-state index >= 15 is 0 Å². The molecule has 0 fully saturated rings. The lowest BCUT2D eigenvalue weighted by atomic mass is 9.86. The Balaban J connectivity index is 1.15. The van der Waals surface area contributed by atoms with Crippen LogP contribution in [-0.4, -0.2) is 25.8 Å². The van der Waals surface area contributed by atoms with Crippen molar-refractivity contribution in [1.82, 2.24) is 4.90 Å². The van der Waals surface area contributed by atoms with Crippen LogP contribution >= 0.6 is 0 Å². The average molecular weight is 615 g/mol. The zero-order valence-corrected chi connectivity index (χ0v) is 26.3. The van der Waals surface area contributed by atoms with Gasteiger partial charge >= 0.3 is 0 Å². The molecule has 0 atom stereocenters. The molecule has 0 saturated heterocycles. The second-order valence-corrected chi connectivity index (χ2v) is 14.0. The summed E-state index contributed by atoms with van der Waals surface area (Å²) in [7, 11) is -4.06. The molecular formula is C36H39FN2O4S. The van der Waals surface area contributed by atoms with Gasteiger partial charge in [0, 0.05) is 19.2 Å². The highest BCUT2D eigenvalue weighted by molar-refractivity contribution is 7.92. The molecule has 0 aliphatic carbocycles. The van der Waals surface area contributed by atoms with E-state index in [1.165, 1.54) is 29.3 Å². The standard InChI is InChI=1S/C36H39FN2O4S/c1-36(2,3)30-15-12-27(13-16-30)21-35(40)39-24-28-14-18-32(22-29(28)25-39)44(41,42)38-34-19-17-31(23-33(34)37)43-20-8-7-11-26-9-5-4-6-10-26/h4-6,9-10,12-19,22-23,38H,7-8,11,20-21,24-25H2,1-3H3. The van der Waals surface area contributed by atoms with Crippen LogP contribution in [0.25, 0.3) is 0 Å². The number of hydrogen-bond donors (Lipinski definition) is 1. The zero-order chi connectivity index (χ0) is 31.3. The first-order valence-corrected chi connectivity index (χ1v) is 16.4. The molecule has 44 heavy (non-hydrogen) atoms. The number of amides is 1. The molecule has 1 aliphatic rings. The fraction of sp³-hybridized carbons (Fsp3) is 0.306. The van der Waals surface area contributed by atoms with E-state index in [0.29, 0.717) is 25.4 Å². The quantitative estimate of drug-likeness (QED) is 0.179. The SMILES string of the molecule is CC(C)(C)c1ccc(CC(=O)N2Cc3ccc(S(=O)(=O)Nc4ccc(OCCCCc5ccccc5)cc4F)cc3C2)cc1. The number of carbonyl (C=O) groups excluding carboxylic acids is 1. The van der Waals surface area contributed by atoms with Crippen LogP contribution < -0.4 is 9.46 Å². The van der Waals surface area contributed by atoms with Gasteiger partial charge in [-0.1, -0.05) is 81.4 Å². The maximum absolute atomic E-state index is 14.9. The topological polar surface area (TPSA) is 75.7 Å². The minimum Gasteiger partial charge on any atom is -0.493 e. The number of hydrogen-bond acceptors (Lipinski definition) is 4. The molecule has 1 heterocycles. The van der Waals surface area contributed by atoms with Crippen molar-refractivity contribution in [3.05, 3.63) is 125 Å². The van der Waals surface area contributed by atoms with Crippen LogP contribution in [0.2, 0.25) is 0 Å². The monoisotopic (exact) mass is 614 g/mol. The molecule has 0 saturated carbocycles. The van der Waals surface area contributed by atoms with Crippen LogP contribution in [0.15, 0.2) is 95.9 Å². The summed E-state index contributed by atoms with van der Waals surface area (Å²) >= 11 is 0. The van der Waals surface area contributed by atoms with E-state index < -0.39 is 15.8 Å². The number of unbranched alkanes of at least 4 members (excludes halogenated alkanes) is 1. The molecule has 1 N–H and O–H groups in total. The van der Waals surface area contributed by atoms with Gasteiger partial charge in [0.15, 0.2) is 5.82 Å². The third-order valence-electron chi connectivity index (χ3n) is 7.89. The number of ether oxygens (including phenoxy) is 1. The number of fused-ring (bicyclic) bond motifs is 1. The Morgan fingerprint density at radius 3 is 2.30 bits per heavy atom. The first kappa shape index (κ1) is 31.3. The van der Waals surface area contributed by atoms with Crippen molar-refractivity contribution in [3.8, 4) is 5.75 Å². The Morgan fingerprint density at radius 2 is 1.59 bits per heavy atom. The van der Waals surface area contributed by atoms with Crippen LogP contribution in [0.4, 0.5) is 10.1 Å². The summed E-state index contributed by atoms with van der Waals surface area (Å²) < 4.78 is 49.2. The van der Waals surface area contributed by atoms with Gasteiger partial charge < -0.3 is 9.64 Å². The van der Waals surface area contributed by atoms with E-state index in [1.54, 1.807) is 23.1 Å². The highest BCUT2D eigenvalue weighted by Crippen LogP contribution is 2.29. The van der Waals surface area contributed by atoms with Crippen LogP contribution in [0.5, 0.6) is 5.75 Å². The molecule has 0 radical (unpaired) electrons. The summed E-state index contributed by atoms with van der Waals surface area (Å²) in [6.07, 6.45) is 2.99. The van der Waals surface area contributed by atoms with Crippen molar-refractivity contribution < 1.29 is 22.3 Å². The first-order chi connectivity index (χ1) is 21.0. The van der Waals surface area contributed by atoms with E-state index in [4.69, 9.17) is 4.74 Å².